The quantitative estimate of drug-likeness (QED) is 0.188. The molecule has 0 N–H and O–H groups in total. The standard InChI is InChI=1S/C40H24BrN3S/c41-27-21-26(22-28(23-27)44-35-17-7-4-13-29(35)30-14-5-8-18-36(30)44)33-24-34(43-40(42-33)25-11-2-1-3-12-25)31-16-10-20-38-39(31)32-15-6-9-19-37(32)45-38/h1-24H. The summed E-state index contributed by atoms with van der Waals surface area (Å²) in [7, 11) is 0. The van der Waals surface area contributed by atoms with Crippen LogP contribution in [0, 0.1) is 0 Å². The maximum atomic E-state index is 5.19. The Bertz CT molecular complexity index is 2510. The van der Waals surface area contributed by atoms with Gasteiger partial charge < -0.3 is 4.57 Å². The topological polar surface area (TPSA) is 30.7 Å². The van der Waals surface area contributed by atoms with Crippen LogP contribution in [0.3, 0.4) is 0 Å². The molecule has 0 fully saturated rings. The Balaban J connectivity index is 1.30. The summed E-state index contributed by atoms with van der Waals surface area (Å²) in [4.78, 5) is 10.4. The first-order valence-electron chi connectivity index (χ1n) is 14.9. The number of halogens is 1. The van der Waals surface area contributed by atoms with E-state index in [1.165, 1.54) is 42.0 Å². The number of nitrogens with zero attached hydrogens (tertiary/aromatic N) is 3. The van der Waals surface area contributed by atoms with Crippen molar-refractivity contribution in [2.45, 2.75) is 0 Å². The number of aromatic nitrogens is 3. The lowest BCUT2D eigenvalue weighted by Crippen LogP contribution is -1.98. The summed E-state index contributed by atoms with van der Waals surface area (Å²) in [5.41, 5.74) is 8.32. The summed E-state index contributed by atoms with van der Waals surface area (Å²) in [6.07, 6.45) is 0. The fourth-order valence-corrected chi connectivity index (χ4v) is 8.10. The highest BCUT2D eigenvalue weighted by molar-refractivity contribution is 9.10. The molecular weight excluding hydrogens is 634 g/mol. The van der Waals surface area contributed by atoms with Crippen molar-refractivity contribution in [1.82, 2.24) is 14.5 Å². The van der Waals surface area contributed by atoms with Gasteiger partial charge in [-0.2, -0.15) is 0 Å². The molecule has 0 unspecified atom stereocenters. The van der Waals surface area contributed by atoms with Gasteiger partial charge in [0.15, 0.2) is 5.82 Å². The van der Waals surface area contributed by atoms with Crippen molar-refractivity contribution in [2.24, 2.45) is 0 Å². The smallest absolute Gasteiger partial charge is 0.160 e. The summed E-state index contributed by atoms with van der Waals surface area (Å²) >= 11 is 5.67. The molecule has 0 aliphatic rings. The number of hydrogen-bond acceptors (Lipinski definition) is 3. The van der Waals surface area contributed by atoms with Crippen LogP contribution in [0.1, 0.15) is 0 Å². The Morgan fingerprint density at radius 1 is 0.511 bits per heavy atom. The molecule has 0 amide bonds. The summed E-state index contributed by atoms with van der Waals surface area (Å²) in [5.74, 6) is 0.707. The Labute approximate surface area is 272 Å². The molecule has 3 heterocycles. The van der Waals surface area contributed by atoms with Crippen molar-refractivity contribution >= 4 is 69.2 Å². The molecule has 3 nitrogen and oxygen atoms in total. The van der Waals surface area contributed by atoms with E-state index in [1.54, 1.807) is 0 Å². The minimum atomic E-state index is 0.707. The Hall–Kier alpha value is -5.10. The molecule has 212 valence electrons. The molecule has 0 saturated carbocycles. The van der Waals surface area contributed by atoms with Gasteiger partial charge in [-0.25, -0.2) is 9.97 Å². The molecule has 3 aromatic heterocycles. The zero-order valence-corrected chi connectivity index (χ0v) is 26.4. The van der Waals surface area contributed by atoms with E-state index in [2.05, 4.69) is 148 Å². The molecule has 9 aromatic rings. The minimum absolute atomic E-state index is 0.707. The predicted octanol–water partition coefficient (Wildman–Crippen LogP) is 11.7. The largest absolute Gasteiger partial charge is 0.309 e. The zero-order valence-electron chi connectivity index (χ0n) is 24.0. The van der Waals surface area contributed by atoms with Gasteiger partial charge in [-0.3, -0.25) is 0 Å². The van der Waals surface area contributed by atoms with Gasteiger partial charge in [0.2, 0.25) is 0 Å². The third-order valence-electron chi connectivity index (χ3n) is 8.45. The van der Waals surface area contributed by atoms with E-state index in [-0.39, 0.29) is 0 Å². The monoisotopic (exact) mass is 657 g/mol. The van der Waals surface area contributed by atoms with Gasteiger partial charge in [-0.1, -0.05) is 113 Å². The maximum Gasteiger partial charge on any atom is 0.160 e. The van der Waals surface area contributed by atoms with Crippen molar-refractivity contribution in [1.29, 1.82) is 0 Å². The molecule has 0 aliphatic heterocycles. The van der Waals surface area contributed by atoms with Crippen LogP contribution < -0.4 is 0 Å². The third kappa shape index (κ3) is 4.39. The van der Waals surface area contributed by atoms with E-state index in [9.17, 15) is 0 Å². The van der Waals surface area contributed by atoms with Crippen LogP contribution in [-0.4, -0.2) is 14.5 Å². The van der Waals surface area contributed by atoms with Crippen LogP contribution in [0.5, 0.6) is 0 Å². The second-order valence-electron chi connectivity index (χ2n) is 11.2. The Morgan fingerprint density at radius 3 is 1.93 bits per heavy atom. The Kier molecular flexibility index (Phi) is 6.15. The lowest BCUT2D eigenvalue weighted by molar-refractivity contribution is 1.16. The fraction of sp³-hybridized carbons (Fsp3) is 0. The third-order valence-corrected chi connectivity index (χ3v) is 10.0. The number of para-hydroxylation sites is 2. The lowest BCUT2D eigenvalue weighted by atomic mass is 10.0. The number of fused-ring (bicyclic) bond motifs is 6. The maximum absolute atomic E-state index is 5.19. The van der Waals surface area contributed by atoms with Crippen molar-refractivity contribution in [3.05, 3.63) is 150 Å². The van der Waals surface area contributed by atoms with Crippen LogP contribution in [0.2, 0.25) is 0 Å². The van der Waals surface area contributed by atoms with E-state index >= 15 is 0 Å². The van der Waals surface area contributed by atoms with Gasteiger partial charge in [0.05, 0.1) is 22.4 Å². The number of thiophene rings is 1. The minimum Gasteiger partial charge on any atom is -0.309 e. The van der Waals surface area contributed by atoms with E-state index in [1.807, 2.05) is 29.5 Å². The number of rotatable bonds is 4. The van der Waals surface area contributed by atoms with Gasteiger partial charge in [0.25, 0.3) is 0 Å². The molecule has 5 heteroatoms. The number of benzene rings is 6. The highest BCUT2D eigenvalue weighted by Gasteiger charge is 2.17. The molecule has 45 heavy (non-hydrogen) atoms. The van der Waals surface area contributed by atoms with Gasteiger partial charge in [-0.15, -0.1) is 11.3 Å². The molecule has 0 aliphatic carbocycles. The van der Waals surface area contributed by atoms with E-state index in [0.717, 1.165) is 38.2 Å². The fourth-order valence-electron chi connectivity index (χ4n) is 6.49. The highest BCUT2D eigenvalue weighted by atomic mass is 79.9. The van der Waals surface area contributed by atoms with Crippen LogP contribution >= 0.6 is 27.3 Å². The molecule has 0 radical (unpaired) electrons. The first kappa shape index (κ1) is 26.3. The second kappa shape index (κ2) is 10.5. The second-order valence-corrected chi connectivity index (χ2v) is 13.2. The van der Waals surface area contributed by atoms with E-state index in [4.69, 9.17) is 9.97 Å². The molecule has 6 aromatic carbocycles. The van der Waals surface area contributed by atoms with Crippen molar-refractivity contribution in [3.63, 3.8) is 0 Å². The molecular formula is C40H24BrN3S. The molecule has 0 bridgehead atoms. The zero-order chi connectivity index (χ0) is 29.9. The SMILES string of the molecule is Brc1cc(-c2cc(-c3cccc4sc5ccccc5c34)nc(-c3ccccc3)n2)cc(-n2c3ccccc3c3ccccc32)c1. The van der Waals surface area contributed by atoms with Crippen molar-refractivity contribution in [3.8, 4) is 39.6 Å². The average molecular weight is 659 g/mol. The highest BCUT2D eigenvalue weighted by Crippen LogP contribution is 2.41. The average Bonchev–Trinajstić information content (AvgIpc) is 3.64. The van der Waals surface area contributed by atoms with Gasteiger partial charge in [0.1, 0.15) is 0 Å². The van der Waals surface area contributed by atoms with Gasteiger partial charge in [-0.05, 0) is 48.5 Å². The van der Waals surface area contributed by atoms with Crippen LogP contribution in [-0.2, 0) is 0 Å². The predicted molar refractivity (Wildman–Crippen MR) is 193 cm³/mol. The first-order chi connectivity index (χ1) is 22.2. The van der Waals surface area contributed by atoms with E-state index in [0.29, 0.717) is 5.82 Å². The number of hydrogen-bond donors (Lipinski definition) is 0. The summed E-state index contributed by atoms with van der Waals surface area (Å²) in [6, 6.07) is 51.3. The van der Waals surface area contributed by atoms with Crippen molar-refractivity contribution in [2.75, 3.05) is 0 Å². The van der Waals surface area contributed by atoms with Gasteiger partial charge in [0, 0.05) is 57.8 Å². The van der Waals surface area contributed by atoms with Crippen molar-refractivity contribution < 1.29 is 0 Å². The van der Waals surface area contributed by atoms with E-state index < -0.39 is 0 Å². The van der Waals surface area contributed by atoms with Crippen LogP contribution in [0.25, 0.3) is 81.6 Å². The van der Waals surface area contributed by atoms with Crippen LogP contribution in [0.15, 0.2) is 150 Å². The van der Waals surface area contributed by atoms with Gasteiger partial charge >= 0.3 is 0 Å². The first-order valence-corrected chi connectivity index (χ1v) is 16.5. The molecule has 0 atom stereocenters. The van der Waals surface area contributed by atoms with Crippen LogP contribution in [0.4, 0.5) is 0 Å². The Morgan fingerprint density at radius 2 is 1.16 bits per heavy atom. The lowest BCUT2D eigenvalue weighted by Gasteiger charge is -2.13. The summed E-state index contributed by atoms with van der Waals surface area (Å²) in [5, 5.41) is 4.97. The summed E-state index contributed by atoms with van der Waals surface area (Å²) in [6.45, 7) is 0. The summed E-state index contributed by atoms with van der Waals surface area (Å²) < 4.78 is 5.87. The molecule has 9 rings (SSSR count). The molecule has 0 spiro atoms. The normalized spacial score (nSPS) is 11.7. The molecule has 0 saturated heterocycles.